The maximum Gasteiger partial charge on any atom is 0.174 e. The smallest absolute Gasteiger partial charge is 0.174 e. The van der Waals surface area contributed by atoms with E-state index in [1.807, 2.05) is 24.3 Å². The second-order valence-electron chi connectivity index (χ2n) is 4.38. The molecule has 1 aromatic carbocycles. The minimum Gasteiger partial charge on any atom is -0.396 e. The first-order valence-electron chi connectivity index (χ1n) is 6.41. The zero-order valence-electron chi connectivity index (χ0n) is 11.4. The first-order chi connectivity index (χ1) is 10.1. The van der Waals surface area contributed by atoms with Gasteiger partial charge in [0.05, 0.1) is 10.6 Å². The fraction of sp³-hybridized carbons (Fsp3) is 0.200. The molecule has 0 radical (unpaired) electrons. The first kappa shape index (κ1) is 15.5. The van der Waals surface area contributed by atoms with E-state index in [-0.39, 0.29) is 11.5 Å². The van der Waals surface area contributed by atoms with E-state index in [1.165, 1.54) is 11.3 Å². The number of Topliss-reactive ketones (excluding diaryl/α,β-unsaturated/α-hetero) is 1. The number of carbonyl (C=O) groups excluding carboxylic acids is 1. The van der Waals surface area contributed by atoms with Crippen LogP contribution >= 0.6 is 27.3 Å². The van der Waals surface area contributed by atoms with Crippen LogP contribution in [0.5, 0.6) is 0 Å². The number of halogens is 1. The molecule has 0 saturated carbocycles. The molecular formula is C15H14BrN3OS. The second-order valence-corrected chi connectivity index (χ2v) is 6.26. The number of hydrogen-bond acceptors (Lipinski definition) is 5. The van der Waals surface area contributed by atoms with Crippen LogP contribution in [0.25, 0.3) is 0 Å². The summed E-state index contributed by atoms with van der Waals surface area (Å²) < 4.78 is 0.991. The fourth-order valence-electron chi connectivity index (χ4n) is 1.86. The Bertz CT molecular complexity index is 718. The second kappa shape index (κ2) is 6.74. The predicted octanol–water partition coefficient (Wildman–Crippen LogP) is 4.17. The third-order valence-electron chi connectivity index (χ3n) is 3.03. The normalized spacial score (nSPS) is 10.1. The average Bonchev–Trinajstić information content (AvgIpc) is 2.81. The quantitative estimate of drug-likeness (QED) is 0.781. The van der Waals surface area contributed by atoms with Crippen molar-refractivity contribution in [2.75, 3.05) is 11.1 Å². The Morgan fingerprint density at radius 3 is 2.81 bits per heavy atom. The lowest BCUT2D eigenvalue weighted by molar-refractivity contribution is 0.0993. The van der Waals surface area contributed by atoms with Gasteiger partial charge in [-0.05, 0) is 11.6 Å². The number of anilines is 2. The van der Waals surface area contributed by atoms with Crippen molar-refractivity contribution in [1.29, 1.82) is 5.26 Å². The van der Waals surface area contributed by atoms with Crippen molar-refractivity contribution in [3.05, 3.63) is 44.7 Å². The number of carbonyl (C=O) groups is 1. The summed E-state index contributed by atoms with van der Waals surface area (Å²) in [7, 11) is 0. The molecule has 2 rings (SSSR count). The third-order valence-corrected chi connectivity index (χ3v) is 5.01. The molecule has 0 unspecified atom stereocenters. The van der Waals surface area contributed by atoms with Crippen LogP contribution in [0, 0.1) is 11.3 Å². The molecule has 0 atom stereocenters. The Kier molecular flexibility index (Phi) is 4.99. The molecule has 6 heteroatoms. The molecular weight excluding hydrogens is 350 g/mol. The Balaban J connectivity index is 2.27. The summed E-state index contributed by atoms with van der Waals surface area (Å²) in [6, 6.07) is 9.90. The summed E-state index contributed by atoms with van der Waals surface area (Å²) in [5.74, 6) is -0.0389. The maximum atomic E-state index is 11.8. The van der Waals surface area contributed by atoms with Crippen molar-refractivity contribution in [2.45, 2.75) is 19.9 Å². The highest BCUT2D eigenvalue weighted by Crippen LogP contribution is 2.36. The first-order valence-corrected chi connectivity index (χ1v) is 8.02. The van der Waals surface area contributed by atoms with Crippen LogP contribution in [0.2, 0.25) is 0 Å². The molecule has 4 nitrogen and oxygen atoms in total. The van der Waals surface area contributed by atoms with Gasteiger partial charge in [0.15, 0.2) is 5.78 Å². The minimum absolute atomic E-state index is 0.0389. The van der Waals surface area contributed by atoms with Gasteiger partial charge in [-0.3, -0.25) is 4.79 Å². The van der Waals surface area contributed by atoms with E-state index >= 15 is 0 Å². The van der Waals surface area contributed by atoms with Crippen LogP contribution < -0.4 is 11.1 Å². The van der Waals surface area contributed by atoms with E-state index in [0.29, 0.717) is 28.4 Å². The molecule has 0 aliphatic carbocycles. The van der Waals surface area contributed by atoms with Gasteiger partial charge in [-0.25, -0.2) is 0 Å². The van der Waals surface area contributed by atoms with Crippen LogP contribution in [0.4, 0.5) is 10.7 Å². The molecule has 21 heavy (non-hydrogen) atoms. The average molecular weight is 364 g/mol. The molecule has 1 aromatic heterocycles. The topological polar surface area (TPSA) is 78.9 Å². The number of nitrogens with zero attached hydrogens (tertiary/aromatic N) is 1. The van der Waals surface area contributed by atoms with Crippen LogP contribution in [-0.4, -0.2) is 5.78 Å². The van der Waals surface area contributed by atoms with Crippen molar-refractivity contribution < 1.29 is 4.79 Å². The van der Waals surface area contributed by atoms with Gasteiger partial charge >= 0.3 is 0 Å². The van der Waals surface area contributed by atoms with Gasteiger partial charge in [0.25, 0.3) is 0 Å². The number of benzene rings is 1. The highest BCUT2D eigenvalue weighted by atomic mass is 79.9. The van der Waals surface area contributed by atoms with Gasteiger partial charge < -0.3 is 11.1 Å². The molecule has 2 aromatic rings. The van der Waals surface area contributed by atoms with Crippen molar-refractivity contribution >= 4 is 43.7 Å². The number of hydrogen-bond donors (Lipinski definition) is 2. The van der Waals surface area contributed by atoms with Crippen LogP contribution in [-0.2, 0) is 6.54 Å². The lowest BCUT2D eigenvalue weighted by atomic mass is 10.2. The van der Waals surface area contributed by atoms with E-state index < -0.39 is 0 Å². The largest absolute Gasteiger partial charge is 0.396 e. The van der Waals surface area contributed by atoms with E-state index in [9.17, 15) is 10.1 Å². The molecule has 0 amide bonds. The molecule has 1 heterocycles. The van der Waals surface area contributed by atoms with Gasteiger partial charge in [0.2, 0.25) is 0 Å². The standard InChI is InChI=1S/C15H14BrN3OS/c1-2-12(20)14-13(18)10(7-17)15(21-14)19-8-9-5-3-4-6-11(9)16/h3-6,19H,2,8,18H2,1H3. The van der Waals surface area contributed by atoms with Crippen molar-refractivity contribution in [2.24, 2.45) is 0 Å². The molecule has 0 fully saturated rings. The van der Waals surface area contributed by atoms with Gasteiger partial charge in [-0.1, -0.05) is 41.1 Å². The molecule has 3 N–H and O–H groups in total. The molecule has 0 aliphatic rings. The molecule has 0 spiro atoms. The van der Waals surface area contributed by atoms with E-state index in [2.05, 4.69) is 27.3 Å². The van der Waals surface area contributed by atoms with Crippen LogP contribution in [0.3, 0.4) is 0 Å². The summed E-state index contributed by atoms with van der Waals surface area (Å²) in [6.07, 6.45) is 0.374. The van der Waals surface area contributed by atoms with Gasteiger partial charge in [0.1, 0.15) is 16.6 Å². The number of rotatable bonds is 5. The van der Waals surface area contributed by atoms with Crippen molar-refractivity contribution in [1.82, 2.24) is 0 Å². The number of ketones is 1. The van der Waals surface area contributed by atoms with Crippen molar-refractivity contribution in [3.8, 4) is 6.07 Å². The Morgan fingerprint density at radius 2 is 2.19 bits per heavy atom. The summed E-state index contributed by atoms with van der Waals surface area (Å²) in [5, 5.41) is 13.1. The Hall–Kier alpha value is -1.84. The van der Waals surface area contributed by atoms with Gasteiger partial charge in [0, 0.05) is 17.4 Å². The molecule has 0 aliphatic heterocycles. The third kappa shape index (κ3) is 3.26. The maximum absolute atomic E-state index is 11.8. The summed E-state index contributed by atoms with van der Waals surface area (Å²) in [5.41, 5.74) is 7.61. The Morgan fingerprint density at radius 1 is 1.48 bits per heavy atom. The number of nitrogen functional groups attached to an aromatic ring is 1. The molecule has 108 valence electrons. The summed E-state index contributed by atoms with van der Waals surface area (Å²) in [4.78, 5) is 12.3. The lowest BCUT2D eigenvalue weighted by Gasteiger charge is -2.06. The SMILES string of the molecule is CCC(=O)c1sc(NCc2ccccc2Br)c(C#N)c1N. The monoisotopic (exact) mass is 363 g/mol. The Labute approximate surface area is 135 Å². The zero-order chi connectivity index (χ0) is 15.4. The fourth-order valence-corrected chi connectivity index (χ4v) is 3.37. The minimum atomic E-state index is -0.0389. The van der Waals surface area contributed by atoms with Crippen molar-refractivity contribution in [3.63, 3.8) is 0 Å². The highest BCUT2D eigenvalue weighted by molar-refractivity contribution is 9.10. The highest BCUT2D eigenvalue weighted by Gasteiger charge is 2.19. The van der Waals surface area contributed by atoms with Crippen LogP contribution in [0.15, 0.2) is 28.7 Å². The number of thiophene rings is 1. The van der Waals surface area contributed by atoms with E-state index in [1.54, 1.807) is 6.92 Å². The number of nitrogens with one attached hydrogen (secondary N) is 1. The van der Waals surface area contributed by atoms with Gasteiger partial charge in [-0.15, -0.1) is 11.3 Å². The molecule has 0 saturated heterocycles. The lowest BCUT2D eigenvalue weighted by Crippen LogP contribution is -2.00. The number of nitriles is 1. The zero-order valence-corrected chi connectivity index (χ0v) is 13.8. The van der Waals surface area contributed by atoms with E-state index in [0.717, 1.165) is 10.0 Å². The summed E-state index contributed by atoms with van der Waals surface area (Å²) in [6.45, 7) is 2.33. The predicted molar refractivity (Wildman–Crippen MR) is 89.5 cm³/mol. The van der Waals surface area contributed by atoms with Gasteiger partial charge in [-0.2, -0.15) is 5.26 Å². The van der Waals surface area contributed by atoms with Crippen LogP contribution in [0.1, 0.15) is 34.1 Å². The summed E-state index contributed by atoms with van der Waals surface area (Å²) >= 11 is 4.72. The molecule has 0 bridgehead atoms. The van der Waals surface area contributed by atoms with E-state index in [4.69, 9.17) is 5.73 Å². The number of nitrogens with two attached hydrogens (primary N) is 1.